The fourth-order valence-corrected chi connectivity index (χ4v) is 2.85. The van der Waals surface area contributed by atoms with Gasteiger partial charge in [-0.1, -0.05) is 17.7 Å². The summed E-state index contributed by atoms with van der Waals surface area (Å²) in [5.74, 6) is 1.12. The smallest absolute Gasteiger partial charge is 0.274 e. The molecule has 1 atom stereocenters. The number of aromatic nitrogens is 1. The second-order valence-electron chi connectivity index (χ2n) is 6.39. The molecule has 1 aromatic carbocycles. The van der Waals surface area contributed by atoms with E-state index in [1.54, 1.807) is 6.92 Å². The maximum absolute atomic E-state index is 12.4. The van der Waals surface area contributed by atoms with Crippen LogP contribution in [0.3, 0.4) is 0 Å². The van der Waals surface area contributed by atoms with Crippen molar-refractivity contribution in [3.63, 3.8) is 0 Å². The van der Waals surface area contributed by atoms with Crippen LogP contribution < -0.4 is 10.1 Å². The summed E-state index contributed by atoms with van der Waals surface area (Å²) in [6.07, 6.45) is 1.99. The topological polar surface area (TPSA) is 64.4 Å². The Morgan fingerprint density at radius 2 is 2.14 bits per heavy atom. The van der Waals surface area contributed by atoms with Crippen molar-refractivity contribution >= 4 is 5.91 Å². The summed E-state index contributed by atoms with van der Waals surface area (Å²) >= 11 is 0. The lowest BCUT2D eigenvalue weighted by Crippen LogP contribution is -2.41. The number of amides is 1. The van der Waals surface area contributed by atoms with Crippen LogP contribution in [0.1, 0.15) is 53.7 Å². The van der Waals surface area contributed by atoms with E-state index >= 15 is 0 Å². The summed E-state index contributed by atoms with van der Waals surface area (Å²) in [7, 11) is 0. The van der Waals surface area contributed by atoms with Crippen molar-refractivity contribution in [1.29, 1.82) is 0 Å². The molecule has 22 heavy (non-hydrogen) atoms. The van der Waals surface area contributed by atoms with E-state index in [9.17, 15) is 4.79 Å². The second kappa shape index (κ2) is 5.16. The summed E-state index contributed by atoms with van der Waals surface area (Å²) in [6.45, 7) is 7.81. The Kier molecular flexibility index (Phi) is 3.43. The minimum Gasteiger partial charge on any atom is -0.487 e. The van der Waals surface area contributed by atoms with Crippen molar-refractivity contribution in [1.82, 2.24) is 10.3 Å². The zero-order valence-corrected chi connectivity index (χ0v) is 13.3. The normalized spacial score (nSPS) is 19.2. The maximum Gasteiger partial charge on any atom is 0.274 e. The van der Waals surface area contributed by atoms with Crippen LogP contribution >= 0.6 is 0 Å². The Hall–Kier alpha value is -2.30. The molecule has 0 unspecified atom stereocenters. The molecule has 1 aliphatic heterocycles. The SMILES string of the molecule is Cc1ccc2c(c1)[C@@H](NC(=O)c1ncoc1C)CC(C)(C)O2. The summed E-state index contributed by atoms with van der Waals surface area (Å²) in [4.78, 5) is 16.4. The fraction of sp³-hybridized carbons (Fsp3) is 0.412. The lowest BCUT2D eigenvalue weighted by atomic mass is 9.89. The molecule has 0 saturated carbocycles. The lowest BCUT2D eigenvalue weighted by molar-refractivity contribution is 0.0617. The Bertz CT molecular complexity index is 718. The third kappa shape index (κ3) is 2.71. The van der Waals surface area contributed by atoms with E-state index in [4.69, 9.17) is 9.15 Å². The standard InChI is InChI=1S/C17H20N2O3/c1-10-5-6-14-12(7-10)13(8-17(3,4)22-14)19-16(20)15-11(2)21-9-18-15/h5-7,9,13H,8H2,1-4H3,(H,19,20)/t13-/m0/s1. The van der Waals surface area contributed by atoms with Crippen molar-refractivity contribution in [2.24, 2.45) is 0 Å². The monoisotopic (exact) mass is 300 g/mol. The van der Waals surface area contributed by atoms with Crippen molar-refractivity contribution in [2.75, 3.05) is 0 Å². The molecule has 3 rings (SSSR count). The van der Waals surface area contributed by atoms with Gasteiger partial charge in [0.2, 0.25) is 0 Å². The average molecular weight is 300 g/mol. The molecule has 5 nitrogen and oxygen atoms in total. The molecule has 2 heterocycles. The Balaban J connectivity index is 1.92. The molecule has 1 aromatic heterocycles. The molecule has 0 fully saturated rings. The van der Waals surface area contributed by atoms with E-state index in [1.807, 2.05) is 32.9 Å². The van der Waals surface area contributed by atoms with Crippen LogP contribution in [0.25, 0.3) is 0 Å². The minimum absolute atomic E-state index is 0.109. The Labute approximate surface area is 129 Å². The van der Waals surface area contributed by atoms with Gasteiger partial charge in [-0.3, -0.25) is 4.79 Å². The molecular weight excluding hydrogens is 280 g/mol. The number of carbonyl (C=O) groups excluding carboxylic acids is 1. The zero-order chi connectivity index (χ0) is 15.9. The van der Waals surface area contributed by atoms with Crippen molar-refractivity contribution in [3.8, 4) is 5.75 Å². The number of hydrogen-bond acceptors (Lipinski definition) is 4. The number of nitrogens with one attached hydrogen (secondary N) is 1. The quantitative estimate of drug-likeness (QED) is 0.924. The number of hydrogen-bond donors (Lipinski definition) is 1. The molecule has 1 amide bonds. The van der Waals surface area contributed by atoms with E-state index in [-0.39, 0.29) is 17.6 Å². The Morgan fingerprint density at radius 3 is 2.82 bits per heavy atom. The highest BCUT2D eigenvalue weighted by atomic mass is 16.5. The molecule has 116 valence electrons. The summed E-state index contributed by atoms with van der Waals surface area (Å²) < 4.78 is 11.1. The number of fused-ring (bicyclic) bond motifs is 1. The number of aryl methyl sites for hydroxylation is 2. The maximum atomic E-state index is 12.4. The van der Waals surface area contributed by atoms with E-state index < -0.39 is 0 Å². The minimum atomic E-state index is -0.334. The summed E-state index contributed by atoms with van der Waals surface area (Å²) in [6, 6.07) is 5.93. The van der Waals surface area contributed by atoms with Gasteiger partial charge >= 0.3 is 0 Å². The van der Waals surface area contributed by atoms with Crippen LogP contribution in [0, 0.1) is 13.8 Å². The number of nitrogens with zero attached hydrogens (tertiary/aromatic N) is 1. The highest BCUT2D eigenvalue weighted by Crippen LogP contribution is 2.39. The molecule has 1 N–H and O–H groups in total. The van der Waals surface area contributed by atoms with Crippen molar-refractivity contribution in [3.05, 3.63) is 47.2 Å². The van der Waals surface area contributed by atoms with Crippen LogP contribution in [-0.2, 0) is 0 Å². The van der Waals surface area contributed by atoms with Gasteiger partial charge < -0.3 is 14.5 Å². The summed E-state index contributed by atoms with van der Waals surface area (Å²) in [5.41, 5.74) is 2.14. The van der Waals surface area contributed by atoms with Gasteiger partial charge in [-0.25, -0.2) is 4.98 Å². The van der Waals surface area contributed by atoms with E-state index in [1.165, 1.54) is 6.39 Å². The highest BCUT2D eigenvalue weighted by molar-refractivity contribution is 5.93. The second-order valence-corrected chi connectivity index (χ2v) is 6.39. The van der Waals surface area contributed by atoms with Gasteiger partial charge in [0.1, 0.15) is 17.1 Å². The molecule has 0 saturated heterocycles. The molecule has 0 spiro atoms. The van der Waals surface area contributed by atoms with E-state index in [0.717, 1.165) is 16.9 Å². The van der Waals surface area contributed by atoms with Crippen LogP contribution in [0.4, 0.5) is 0 Å². The summed E-state index contributed by atoms with van der Waals surface area (Å²) in [5, 5.41) is 3.06. The van der Waals surface area contributed by atoms with Crippen LogP contribution in [0.15, 0.2) is 29.0 Å². The number of rotatable bonds is 2. The molecule has 0 aliphatic carbocycles. The van der Waals surface area contributed by atoms with Gasteiger partial charge in [-0.2, -0.15) is 0 Å². The first-order chi connectivity index (χ1) is 10.4. The van der Waals surface area contributed by atoms with Crippen LogP contribution in [-0.4, -0.2) is 16.5 Å². The number of ether oxygens (including phenoxy) is 1. The van der Waals surface area contributed by atoms with Crippen molar-refractivity contribution in [2.45, 2.75) is 45.8 Å². The molecular formula is C17H20N2O3. The predicted octanol–water partition coefficient (Wildman–Crippen LogP) is 3.32. The third-order valence-electron chi connectivity index (χ3n) is 3.89. The number of benzene rings is 1. The van der Waals surface area contributed by atoms with Crippen molar-refractivity contribution < 1.29 is 13.9 Å². The first-order valence-electron chi connectivity index (χ1n) is 7.36. The number of carbonyl (C=O) groups is 1. The first-order valence-corrected chi connectivity index (χ1v) is 7.36. The van der Waals surface area contributed by atoms with Gasteiger partial charge in [0, 0.05) is 12.0 Å². The highest BCUT2D eigenvalue weighted by Gasteiger charge is 2.35. The average Bonchev–Trinajstić information content (AvgIpc) is 2.85. The predicted molar refractivity (Wildman–Crippen MR) is 82.0 cm³/mol. The number of oxazole rings is 1. The van der Waals surface area contributed by atoms with Crippen LogP contribution in [0.5, 0.6) is 5.75 Å². The lowest BCUT2D eigenvalue weighted by Gasteiger charge is -2.38. The van der Waals surface area contributed by atoms with E-state index in [0.29, 0.717) is 17.9 Å². The first kappa shape index (κ1) is 14.6. The molecule has 0 radical (unpaired) electrons. The third-order valence-corrected chi connectivity index (χ3v) is 3.89. The van der Waals surface area contributed by atoms with Crippen LogP contribution in [0.2, 0.25) is 0 Å². The molecule has 2 aromatic rings. The molecule has 0 bridgehead atoms. The van der Waals surface area contributed by atoms with Gasteiger partial charge in [-0.05, 0) is 33.8 Å². The largest absolute Gasteiger partial charge is 0.487 e. The van der Waals surface area contributed by atoms with Gasteiger partial charge in [0.25, 0.3) is 5.91 Å². The molecule has 5 heteroatoms. The fourth-order valence-electron chi connectivity index (χ4n) is 2.85. The zero-order valence-electron chi connectivity index (χ0n) is 13.3. The van der Waals surface area contributed by atoms with Gasteiger partial charge in [0.05, 0.1) is 6.04 Å². The van der Waals surface area contributed by atoms with Gasteiger partial charge in [-0.15, -0.1) is 0 Å². The van der Waals surface area contributed by atoms with E-state index in [2.05, 4.69) is 16.4 Å². The Morgan fingerprint density at radius 1 is 1.36 bits per heavy atom. The van der Waals surface area contributed by atoms with Gasteiger partial charge in [0.15, 0.2) is 12.1 Å². The molecule has 1 aliphatic rings.